The molecule has 1 amide bonds. The summed E-state index contributed by atoms with van der Waals surface area (Å²) in [5.74, 6) is 1.50. The molecule has 0 atom stereocenters. The summed E-state index contributed by atoms with van der Waals surface area (Å²) in [5, 5.41) is 0. The molecule has 2 fully saturated rings. The molecule has 0 spiro atoms. The normalized spacial score (nSPS) is 20.3. The van der Waals surface area contributed by atoms with E-state index in [1.165, 1.54) is 12.8 Å². The molecule has 0 radical (unpaired) electrons. The van der Waals surface area contributed by atoms with Gasteiger partial charge in [-0.3, -0.25) is 4.79 Å². The molecule has 2 aliphatic heterocycles. The molecule has 1 saturated heterocycles. The Hall–Kier alpha value is -1.97. The average Bonchev–Trinajstić information content (AvgIpc) is 3.24. The molecule has 0 N–H and O–H groups in total. The van der Waals surface area contributed by atoms with Gasteiger partial charge in [-0.05, 0) is 43.9 Å². The van der Waals surface area contributed by atoms with Gasteiger partial charge in [0.25, 0.3) is 5.91 Å². The lowest BCUT2D eigenvalue weighted by Crippen LogP contribution is -2.36. The Morgan fingerprint density at radius 1 is 0.950 bits per heavy atom. The maximum absolute atomic E-state index is 12.5. The molecule has 4 nitrogen and oxygen atoms in total. The number of nitrogens with zero attached hydrogens (tertiary/aromatic N) is 1. The van der Waals surface area contributed by atoms with Crippen molar-refractivity contribution in [2.75, 3.05) is 19.9 Å². The number of likely N-dealkylation sites (tertiary alicyclic amines) is 1. The summed E-state index contributed by atoms with van der Waals surface area (Å²) in [6.45, 7) is 1.92. The second-order valence-electron chi connectivity index (χ2n) is 5.57. The molecule has 1 aromatic carbocycles. The van der Waals surface area contributed by atoms with Crippen molar-refractivity contribution < 1.29 is 14.3 Å². The Labute approximate surface area is 118 Å². The van der Waals surface area contributed by atoms with E-state index in [2.05, 4.69) is 0 Å². The summed E-state index contributed by atoms with van der Waals surface area (Å²) < 4.78 is 10.6. The van der Waals surface area contributed by atoms with Crippen LogP contribution < -0.4 is 9.47 Å². The third-order valence-corrected chi connectivity index (χ3v) is 4.27. The predicted molar refractivity (Wildman–Crippen MR) is 74.0 cm³/mol. The van der Waals surface area contributed by atoms with E-state index in [4.69, 9.17) is 9.47 Å². The largest absolute Gasteiger partial charge is 0.454 e. The molecule has 20 heavy (non-hydrogen) atoms. The number of carbonyl (C=O) groups excluding carboxylic acids is 1. The Morgan fingerprint density at radius 2 is 1.65 bits per heavy atom. The van der Waals surface area contributed by atoms with Crippen molar-refractivity contribution in [3.05, 3.63) is 34.9 Å². The SMILES string of the molecule is O=C(c1ccc2c(c1)OCO2)N1CCC(=C2CC2)CC1. The van der Waals surface area contributed by atoms with Crippen molar-refractivity contribution in [1.29, 1.82) is 0 Å². The molecule has 1 saturated carbocycles. The van der Waals surface area contributed by atoms with Gasteiger partial charge < -0.3 is 14.4 Å². The van der Waals surface area contributed by atoms with Crippen LogP contribution in [0, 0.1) is 0 Å². The van der Waals surface area contributed by atoms with E-state index in [-0.39, 0.29) is 12.7 Å². The van der Waals surface area contributed by atoms with Crippen molar-refractivity contribution >= 4 is 5.91 Å². The molecule has 2 heterocycles. The molecule has 1 aliphatic carbocycles. The summed E-state index contributed by atoms with van der Waals surface area (Å²) in [4.78, 5) is 14.5. The quantitative estimate of drug-likeness (QED) is 0.737. The average molecular weight is 271 g/mol. The van der Waals surface area contributed by atoms with Crippen LogP contribution in [0.3, 0.4) is 0 Å². The van der Waals surface area contributed by atoms with Crippen molar-refractivity contribution in [2.24, 2.45) is 0 Å². The van der Waals surface area contributed by atoms with Crippen LogP contribution in [0.5, 0.6) is 11.5 Å². The molecule has 1 aromatic rings. The third kappa shape index (κ3) is 2.05. The van der Waals surface area contributed by atoms with E-state index in [1.807, 2.05) is 17.0 Å². The van der Waals surface area contributed by atoms with Gasteiger partial charge in [0.2, 0.25) is 6.79 Å². The monoisotopic (exact) mass is 271 g/mol. The Bertz CT molecular complexity index is 590. The minimum absolute atomic E-state index is 0.100. The van der Waals surface area contributed by atoms with E-state index in [1.54, 1.807) is 17.2 Å². The molecule has 4 rings (SSSR count). The second kappa shape index (κ2) is 4.54. The van der Waals surface area contributed by atoms with Gasteiger partial charge in [-0.2, -0.15) is 0 Å². The lowest BCUT2D eigenvalue weighted by atomic mass is 10.0. The van der Waals surface area contributed by atoms with E-state index in [0.29, 0.717) is 11.3 Å². The predicted octanol–water partition coefficient (Wildman–Crippen LogP) is 2.74. The van der Waals surface area contributed by atoms with Crippen LogP contribution >= 0.6 is 0 Å². The maximum Gasteiger partial charge on any atom is 0.254 e. The zero-order valence-electron chi connectivity index (χ0n) is 11.4. The zero-order chi connectivity index (χ0) is 13.5. The van der Waals surface area contributed by atoms with Gasteiger partial charge >= 0.3 is 0 Å². The highest BCUT2D eigenvalue weighted by Gasteiger charge is 2.26. The van der Waals surface area contributed by atoms with Crippen molar-refractivity contribution in [3.63, 3.8) is 0 Å². The Balaban J connectivity index is 1.49. The number of hydrogen-bond acceptors (Lipinski definition) is 3. The van der Waals surface area contributed by atoms with E-state index < -0.39 is 0 Å². The summed E-state index contributed by atoms with van der Waals surface area (Å²) in [6, 6.07) is 5.43. The number of hydrogen-bond donors (Lipinski definition) is 0. The van der Waals surface area contributed by atoms with Gasteiger partial charge in [0.15, 0.2) is 11.5 Å². The molecule has 0 unspecified atom stereocenters. The van der Waals surface area contributed by atoms with Gasteiger partial charge in [0, 0.05) is 18.7 Å². The third-order valence-electron chi connectivity index (χ3n) is 4.27. The lowest BCUT2D eigenvalue weighted by molar-refractivity contribution is 0.0743. The van der Waals surface area contributed by atoms with E-state index in [0.717, 1.165) is 31.7 Å². The number of rotatable bonds is 1. The van der Waals surface area contributed by atoms with Crippen LogP contribution in [0.4, 0.5) is 0 Å². The summed E-state index contributed by atoms with van der Waals surface area (Å²) in [6.07, 6.45) is 4.66. The number of piperidine rings is 1. The fourth-order valence-corrected chi connectivity index (χ4v) is 2.96. The van der Waals surface area contributed by atoms with Gasteiger partial charge in [-0.15, -0.1) is 0 Å². The van der Waals surface area contributed by atoms with Crippen molar-refractivity contribution in [1.82, 2.24) is 4.90 Å². The zero-order valence-corrected chi connectivity index (χ0v) is 11.4. The molecule has 104 valence electrons. The highest BCUT2D eigenvalue weighted by atomic mass is 16.7. The van der Waals surface area contributed by atoms with Crippen LogP contribution in [-0.2, 0) is 0 Å². The van der Waals surface area contributed by atoms with Crippen molar-refractivity contribution in [3.8, 4) is 11.5 Å². The van der Waals surface area contributed by atoms with Gasteiger partial charge in [0.05, 0.1) is 0 Å². The second-order valence-corrected chi connectivity index (χ2v) is 5.57. The van der Waals surface area contributed by atoms with Gasteiger partial charge in [0.1, 0.15) is 0 Å². The number of carbonyl (C=O) groups is 1. The Morgan fingerprint density at radius 3 is 2.40 bits per heavy atom. The molecule has 0 bridgehead atoms. The highest BCUT2D eigenvalue weighted by molar-refractivity contribution is 5.95. The first-order valence-corrected chi connectivity index (χ1v) is 7.20. The molecule has 0 aromatic heterocycles. The van der Waals surface area contributed by atoms with Gasteiger partial charge in [-0.1, -0.05) is 11.1 Å². The fourth-order valence-electron chi connectivity index (χ4n) is 2.96. The number of benzene rings is 1. The van der Waals surface area contributed by atoms with Crippen LogP contribution in [0.2, 0.25) is 0 Å². The van der Waals surface area contributed by atoms with Crippen LogP contribution in [0.25, 0.3) is 0 Å². The van der Waals surface area contributed by atoms with E-state index in [9.17, 15) is 4.79 Å². The van der Waals surface area contributed by atoms with Crippen LogP contribution in [0.15, 0.2) is 29.3 Å². The number of amides is 1. The number of fused-ring (bicyclic) bond motifs is 1. The molecule has 3 aliphatic rings. The number of allylic oxidation sites excluding steroid dienone is 1. The minimum Gasteiger partial charge on any atom is -0.454 e. The van der Waals surface area contributed by atoms with Crippen LogP contribution in [0.1, 0.15) is 36.0 Å². The molecule has 4 heteroatoms. The first-order chi connectivity index (χ1) is 9.81. The van der Waals surface area contributed by atoms with Crippen LogP contribution in [-0.4, -0.2) is 30.7 Å². The highest BCUT2D eigenvalue weighted by Crippen LogP contribution is 2.37. The van der Waals surface area contributed by atoms with Crippen molar-refractivity contribution in [2.45, 2.75) is 25.7 Å². The maximum atomic E-state index is 12.5. The van der Waals surface area contributed by atoms with E-state index >= 15 is 0 Å². The fraction of sp³-hybridized carbons (Fsp3) is 0.438. The summed E-state index contributed by atoms with van der Waals surface area (Å²) in [5.41, 5.74) is 3.93. The first kappa shape index (κ1) is 11.8. The molecular formula is C16H17NO3. The standard InChI is InChI=1S/C16H17NO3/c18-16(13-3-4-14-15(9-13)20-10-19-14)17-7-5-12(6-8-17)11-1-2-11/h3-4,9H,1-2,5-8,10H2. The lowest BCUT2D eigenvalue weighted by Gasteiger charge is -2.28. The molecular weight excluding hydrogens is 254 g/mol. The minimum atomic E-state index is 0.100. The first-order valence-electron chi connectivity index (χ1n) is 7.20. The van der Waals surface area contributed by atoms with Gasteiger partial charge in [-0.25, -0.2) is 0 Å². The summed E-state index contributed by atoms with van der Waals surface area (Å²) >= 11 is 0. The smallest absolute Gasteiger partial charge is 0.254 e. The topological polar surface area (TPSA) is 38.8 Å². The number of ether oxygens (including phenoxy) is 2. The Kier molecular flexibility index (Phi) is 2.69. The summed E-state index contributed by atoms with van der Waals surface area (Å²) in [7, 11) is 0.